The van der Waals surface area contributed by atoms with Crippen molar-refractivity contribution in [3.05, 3.63) is 53.9 Å². The number of pyridine rings is 1. The van der Waals surface area contributed by atoms with E-state index < -0.39 is 0 Å². The third-order valence-electron chi connectivity index (χ3n) is 2.38. The SMILES string of the molecule is Cc1cc(O)ccc1NC(=O)c1cccnc1. The van der Waals surface area contributed by atoms with E-state index in [1.54, 1.807) is 30.5 Å². The van der Waals surface area contributed by atoms with Gasteiger partial charge in [-0.25, -0.2) is 0 Å². The van der Waals surface area contributed by atoms with Crippen LogP contribution in [-0.2, 0) is 0 Å². The van der Waals surface area contributed by atoms with Crippen molar-refractivity contribution < 1.29 is 9.90 Å². The van der Waals surface area contributed by atoms with Crippen LogP contribution in [0.3, 0.4) is 0 Å². The van der Waals surface area contributed by atoms with Gasteiger partial charge in [0.1, 0.15) is 5.75 Å². The predicted octanol–water partition coefficient (Wildman–Crippen LogP) is 2.35. The third kappa shape index (κ3) is 2.60. The highest BCUT2D eigenvalue weighted by Crippen LogP contribution is 2.20. The minimum Gasteiger partial charge on any atom is -0.508 e. The highest BCUT2D eigenvalue weighted by Gasteiger charge is 2.07. The Morgan fingerprint density at radius 3 is 2.82 bits per heavy atom. The number of benzene rings is 1. The molecule has 86 valence electrons. The number of nitrogens with one attached hydrogen (secondary N) is 1. The number of nitrogens with zero attached hydrogens (tertiary/aromatic N) is 1. The summed E-state index contributed by atoms with van der Waals surface area (Å²) in [5, 5.41) is 12.0. The summed E-state index contributed by atoms with van der Waals surface area (Å²) in [6.07, 6.45) is 3.12. The molecular formula is C13H12N2O2. The van der Waals surface area contributed by atoms with E-state index in [9.17, 15) is 9.90 Å². The molecule has 4 heteroatoms. The van der Waals surface area contributed by atoms with E-state index >= 15 is 0 Å². The summed E-state index contributed by atoms with van der Waals surface area (Å²) in [5.41, 5.74) is 1.99. The van der Waals surface area contributed by atoms with Gasteiger partial charge in [-0.3, -0.25) is 9.78 Å². The van der Waals surface area contributed by atoms with Crippen LogP contribution in [0.2, 0.25) is 0 Å². The third-order valence-corrected chi connectivity index (χ3v) is 2.38. The summed E-state index contributed by atoms with van der Waals surface area (Å²) in [6, 6.07) is 8.19. The molecule has 0 spiro atoms. The number of anilines is 1. The first-order valence-corrected chi connectivity index (χ1v) is 5.18. The lowest BCUT2D eigenvalue weighted by atomic mass is 10.2. The van der Waals surface area contributed by atoms with Gasteiger partial charge in [0.05, 0.1) is 5.56 Å². The maximum atomic E-state index is 11.8. The minimum absolute atomic E-state index is 0.182. The molecule has 0 aliphatic rings. The largest absolute Gasteiger partial charge is 0.508 e. The molecule has 0 saturated heterocycles. The van der Waals surface area contributed by atoms with Gasteiger partial charge in [-0.2, -0.15) is 0 Å². The summed E-state index contributed by atoms with van der Waals surface area (Å²) in [6.45, 7) is 1.82. The predicted molar refractivity (Wildman–Crippen MR) is 65.0 cm³/mol. The van der Waals surface area contributed by atoms with Crippen LogP contribution in [-0.4, -0.2) is 16.0 Å². The minimum atomic E-state index is -0.216. The maximum Gasteiger partial charge on any atom is 0.257 e. The molecule has 1 amide bonds. The lowest BCUT2D eigenvalue weighted by Crippen LogP contribution is -2.12. The molecule has 1 aromatic heterocycles. The van der Waals surface area contributed by atoms with Crippen LogP contribution in [0.5, 0.6) is 5.75 Å². The molecule has 17 heavy (non-hydrogen) atoms. The van der Waals surface area contributed by atoms with Gasteiger partial charge < -0.3 is 10.4 Å². The number of aromatic nitrogens is 1. The van der Waals surface area contributed by atoms with Crippen LogP contribution in [0, 0.1) is 6.92 Å². The Morgan fingerprint density at radius 1 is 1.35 bits per heavy atom. The van der Waals surface area contributed by atoms with Crippen molar-refractivity contribution in [3.8, 4) is 5.75 Å². The fourth-order valence-corrected chi connectivity index (χ4v) is 1.48. The van der Waals surface area contributed by atoms with Crippen LogP contribution < -0.4 is 5.32 Å². The molecule has 0 bridgehead atoms. The number of hydrogen-bond donors (Lipinski definition) is 2. The zero-order valence-corrected chi connectivity index (χ0v) is 9.34. The number of rotatable bonds is 2. The van der Waals surface area contributed by atoms with Crippen molar-refractivity contribution in [1.82, 2.24) is 4.98 Å². The molecular weight excluding hydrogens is 216 g/mol. The fourth-order valence-electron chi connectivity index (χ4n) is 1.48. The standard InChI is InChI=1S/C13H12N2O2/c1-9-7-11(16)4-5-12(9)15-13(17)10-3-2-6-14-8-10/h2-8,16H,1H3,(H,15,17). The Labute approximate surface area is 98.9 Å². The molecule has 0 radical (unpaired) electrons. The molecule has 0 saturated carbocycles. The van der Waals surface area contributed by atoms with Gasteiger partial charge in [-0.05, 0) is 42.8 Å². The van der Waals surface area contributed by atoms with E-state index in [-0.39, 0.29) is 11.7 Å². The second-order valence-corrected chi connectivity index (χ2v) is 3.70. The number of amides is 1. The van der Waals surface area contributed by atoms with Gasteiger partial charge in [-0.15, -0.1) is 0 Å². The van der Waals surface area contributed by atoms with Gasteiger partial charge in [-0.1, -0.05) is 0 Å². The average molecular weight is 228 g/mol. The van der Waals surface area contributed by atoms with E-state index in [4.69, 9.17) is 0 Å². The van der Waals surface area contributed by atoms with E-state index in [0.29, 0.717) is 11.3 Å². The van der Waals surface area contributed by atoms with Gasteiger partial charge in [0.25, 0.3) is 5.91 Å². The summed E-state index contributed by atoms with van der Waals surface area (Å²) in [5.74, 6) is -0.0335. The molecule has 0 aliphatic carbocycles. The molecule has 4 nitrogen and oxygen atoms in total. The molecule has 0 fully saturated rings. The molecule has 2 rings (SSSR count). The molecule has 0 atom stereocenters. The van der Waals surface area contributed by atoms with E-state index in [1.807, 2.05) is 6.92 Å². The lowest BCUT2D eigenvalue weighted by Gasteiger charge is -2.08. The Balaban J connectivity index is 2.19. The zero-order chi connectivity index (χ0) is 12.3. The second-order valence-electron chi connectivity index (χ2n) is 3.70. The van der Waals surface area contributed by atoms with Gasteiger partial charge in [0.2, 0.25) is 0 Å². The van der Waals surface area contributed by atoms with Crippen molar-refractivity contribution in [2.24, 2.45) is 0 Å². The topological polar surface area (TPSA) is 62.2 Å². The van der Waals surface area contributed by atoms with Crippen molar-refractivity contribution in [1.29, 1.82) is 0 Å². The summed E-state index contributed by atoms with van der Waals surface area (Å²) >= 11 is 0. The Hall–Kier alpha value is -2.36. The first-order valence-electron chi connectivity index (χ1n) is 5.18. The van der Waals surface area contributed by atoms with Crippen molar-refractivity contribution in [3.63, 3.8) is 0 Å². The van der Waals surface area contributed by atoms with Crippen LogP contribution in [0.4, 0.5) is 5.69 Å². The van der Waals surface area contributed by atoms with Gasteiger partial charge in [0.15, 0.2) is 0 Å². The quantitative estimate of drug-likeness (QED) is 0.775. The summed E-state index contributed by atoms with van der Waals surface area (Å²) < 4.78 is 0. The van der Waals surface area contributed by atoms with Gasteiger partial charge in [0, 0.05) is 18.1 Å². The smallest absolute Gasteiger partial charge is 0.257 e. The number of aryl methyl sites for hydroxylation is 1. The Bertz CT molecular complexity index is 538. The Kier molecular flexibility index (Phi) is 3.05. The first kappa shape index (κ1) is 11.1. The normalized spacial score (nSPS) is 9.94. The first-order chi connectivity index (χ1) is 8.16. The molecule has 1 heterocycles. The lowest BCUT2D eigenvalue weighted by molar-refractivity contribution is 0.102. The van der Waals surface area contributed by atoms with Crippen molar-refractivity contribution in [2.45, 2.75) is 6.92 Å². The summed E-state index contributed by atoms with van der Waals surface area (Å²) in [4.78, 5) is 15.7. The second kappa shape index (κ2) is 4.65. The average Bonchev–Trinajstić information content (AvgIpc) is 2.34. The summed E-state index contributed by atoms with van der Waals surface area (Å²) in [7, 11) is 0. The number of carbonyl (C=O) groups excluding carboxylic acids is 1. The number of phenols is 1. The van der Waals surface area contributed by atoms with E-state index in [1.165, 1.54) is 12.3 Å². The van der Waals surface area contributed by atoms with Gasteiger partial charge >= 0.3 is 0 Å². The van der Waals surface area contributed by atoms with Crippen LogP contribution in [0.25, 0.3) is 0 Å². The number of carbonyl (C=O) groups is 1. The van der Waals surface area contributed by atoms with E-state index in [0.717, 1.165) is 5.56 Å². The molecule has 2 aromatic rings. The molecule has 2 N–H and O–H groups in total. The van der Waals surface area contributed by atoms with Crippen molar-refractivity contribution >= 4 is 11.6 Å². The van der Waals surface area contributed by atoms with Crippen LogP contribution in [0.1, 0.15) is 15.9 Å². The number of phenolic OH excluding ortho intramolecular Hbond substituents is 1. The number of aromatic hydroxyl groups is 1. The van der Waals surface area contributed by atoms with E-state index in [2.05, 4.69) is 10.3 Å². The zero-order valence-electron chi connectivity index (χ0n) is 9.34. The molecule has 1 aromatic carbocycles. The monoisotopic (exact) mass is 228 g/mol. The molecule has 0 aliphatic heterocycles. The Morgan fingerprint density at radius 2 is 2.18 bits per heavy atom. The molecule has 0 unspecified atom stereocenters. The number of hydrogen-bond acceptors (Lipinski definition) is 3. The highest BCUT2D eigenvalue weighted by molar-refractivity contribution is 6.04. The van der Waals surface area contributed by atoms with Crippen molar-refractivity contribution in [2.75, 3.05) is 5.32 Å². The maximum absolute atomic E-state index is 11.8. The van der Waals surface area contributed by atoms with Crippen LogP contribution >= 0.6 is 0 Å². The fraction of sp³-hybridized carbons (Fsp3) is 0.0769. The van der Waals surface area contributed by atoms with Crippen LogP contribution in [0.15, 0.2) is 42.7 Å². The highest BCUT2D eigenvalue weighted by atomic mass is 16.3.